The third-order valence-electron chi connectivity index (χ3n) is 6.90. The van der Waals surface area contributed by atoms with Gasteiger partial charge in [-0.3, -0.25) is 4.79 Å². The SMILES string of the molecule is COc1c2c(cc(F)c1N1CC3CCCNC3C1)C(=O)C(C(=O)O)=CC2C1CC1. The van der Waals surface area contributed by atoms with Crippen LogP contribution in [0.1, 0.15) is 47.5 Å². The summed E-state index contributed by atoms with van der Waals surface area (Å²) in [4.78, 5) is 26.4. The van der Waals surface area contributed by atoms with Crippen molar-refractivity contribution in [2.75, 3.05) is 31.6 Å². The Hall–Kier alpha value is -2.41. The zero-order valence-corrected chi connectivity index (χ0v) is 16.4. The second kappa shape index (κ2) is 6.83. The molecule has 2 aliphatic heterocycles. The number of anilines is 1. The van der Waals surface area contributed by atoms with Crippen LogP contribution in [0.4, 0.5) is 10.1 Å². The van der Waals surface area contributed by atoms with E-state index in [0.717, 1.165) is 38.8 Å². The highest BCUT2D eigenvalue weighted by molar-refractivity contribution is 6.25. The number of ketones is 1. The Labute approximate surface area is 168 Å². The van der Waals surface area contributed by atoms with Gasteiger partial charge in [0.2, 0.25) is 5.78 Å². The number of methoxy groups -OCH3 is 1. The molecule has 4 aliphatic rings. The Morgan fingerprint density at radius 3 is 2.72 bits per heavy atom. The number of nitrogens with one attached hydrogen (secondary N) is 1. The molecule has 6 nitrogen and oxygen atoms in total. The van der Waals surface area contributed by atoms with Crippen molar-refractivity contribution in [3.05, 3.63) is 34.7 Å². The average molecular weight is 400 g/mol. The standard InChI is InChI=1S/C22H25FN2O4/c1-29-21-18-13(11-4-5-11)7-15(22(27)28)20(26)14(18)8-16(23)19(21)25-9-12-3-2-6-24-17(12)10-25/h7-8,11-13,17,24H,2-6,9-10H2,1H3,(H,27,28). The molecule has 29 heavy (non-hydrogen) atoms. The molecule has 0 amide bonds. The molecule has 3 unspecified atom stereocenters. The first kappa shape index (κ1) is 18.6. The molecule has 1 saturated carbocycles. The van der Waals surface area contributed by atoms with Gasteiger partial charge in [0, 0.05) is 36.2 Å². The quantitative estimate of drug-likeness (QED) is 0.757. The maximum atomic E-state index is 15.3. The number of rotatable bonds is 4. The summed E-state index contributed by atoms with van der Waals surface area (Å²) in [6.45, 7) is 2.44. The molecule has 3 fully saturated rings. The third-order valence-corrected chi connectivity index (χ3v) is 6.90. The van der Waals surface area contributed by atoms with Gasteiger partial charge in [-0.15, -0.1) is 0 Å². The summed E-state index contributed by atoms with van der Waals surface area (Å²) in [5.41, 5.74) is 0.937. The van der Waals surface area contributed by atoms with Crippen molar-refractivity contribution in [2.45, 2.75) is 37.6 Å². The number of hydrogen-bond donors (Lipinski definition) is 2. The van der Waals surface area contributed by atoms with E-state index in [0.29, 0.717) is 35.5 Å². The fraction of sp³-hybridized carbons (Fsp3) is 0.545. The minimum absolute atomic E-state index is 0.134. The van der Waals surface area contributed by atoms with Gasteiger partial charge in [-0.25, -0.2) is 9.18 Å². The van der Waals surface area contributed by atoms with Crippen LogP contribution in [0.3, 0.4) is 0 Å². The number of carbonyl (C=O) groups excluding carboxylic acids is 1. The number of aliphatic carboxylic acids is 1. The lowest BCUT2D eigenvalue weighted by Crippen LogP contribution is -2.40. The zero-order chi connectivity index (χ0) is 20.3. The van der Waals surface area contributed by atoms with Gasteiger partial charge in [0.15, 0.2) is 5.82 Å². The highest BCUT2D eigenvalue weighted by Crippen LogP contribution is 2.53. The van der Waals surface area contributed by atoms with E-state index in [4.69, 9.17) is 4.74 Å². The molecule has 7 heteroatoms. The van der Waals surface area contributed by atoms with Gasteiger partial charge >= 0.3 is 5.97 Å². The number of carbonyl (C=O) groups is 2. The van der Waals surface area contributed by atoms with E-state index in [2.05, 4.69) is 5.32 Å². The number of fused-ring (bicyclic) bond motifs is 2. The minimum Gasteiger partial charge on any atom is -0.494 e. The first-order chi connectivity index (χ1) is 14.0. The second-order valence-electron chi connectivity index (χ2n) is 8.65. The average Bonchev–Trinajstić information content (AvgIpc) is 3.45. The van der Waals surface area contributed by atoms with Crippen molar-refractivity contribution >= 4 is 17.4 Å². The summed E-state index contributed by atoms with van der Waals surface area (Å²) >= 11 is 0. The molecule has 2 heterocycles. The van der Waals surface area contributed by atoms with Gasteiger partial charge in [-0.05, 0) is 50.1 Å². The van der Waals surface area contributed by atoms with E-state index in [-0.39, 0.29) is 23.0 Å². The molecule has 2 N–H and O–H groups in total. The van der Waals surface area contributed by atoms with Crippen LogP contribution >= 0.6 is 0 Å². The van der Waals surface area contributed by atoms with Gasteiger partial charge in [0.05, 0.1) is 7.11 Å². The van der Waals surface area contributed by atoms with Gasteiger partial charge in [-0.2, -0.15) is 0 Å². The third kappa shape index (κ3) is 2.94. The first-order valence-corrected chi connectivity index (χ1v) is 10.4. The van der Waals surface area contributed by atoms with E-state index >= 15 is 4.39 Å². The molecule has 2 saturated heterocycles. The van der Waals surface area contributed by atoms with Crippen molar-refractivity contribution in [1.29, 1.82) is 0 Å². The van der Waals surface area contributed by atoms with E-state index < -0.39 is 17.6 Å². The van der Waals surface area contributed by atoms with Gasteiger partial charge in [-0.1, -0.05) is 6.08 Å². The number of halogens is 1. The largest absolute Gasteiger partial charge is 0.494 e. The number of carboxylic acids is 1. The molecule has 0 bridgehead atoms. The maximum absolute atomic E-state index is 15.3. The fourth-order valence-electron chi connectivity index (χ4n) is 5.36. The molecule has 2 aliphatic carbocycles. The van der Waals surface area contributed by atoms with Crippen molar-refractivity contribution < 1.29 is 23.8 Å². The highest BCUT2D eigenvalue weighted by atomic mass is 19.1. The monoisotopic (exact) mass is 400 g/mol. The van der Waals surface area contributed by atoms with E-state index in [1.165, 1.54) is 13.2 Å². The lowest BCUT2D eigenvalue weighted by Gasteiger charge is -2.29. The second-order valence-corrected chi connectivity index (χ2v) is 8.65. The molecule has 1 aromatic carbocycles. The summed E-state index contributed by atoms with van der Waals surface area (Å²) in [6.07, 6.45) is 5.74. The van der Waals surface area contributed by atoms with Crippen LogP contribution in [0.2, 0.25) is 0 Å². The smallest absolute Gasteiger partial charge is 0.339 e. The predicted octanol–water partition coefficient (Wildman–Crippen LogP) is 2.72. The maximum Gasteiger partial charge on any atom is 0.339 e. The zero-order valence-electron chi connectivity index (χ0n) is 16.4. The lowest BCUT2D eigenvalue weighted by atomic mass is 9.79. The molecular weight excluding hydrogens is 375 g/mol. The summed E-state index contributed by atoms with van der Waals surface area (Å²) in [7, 11) is 1.50. The number of allylic oxidation sites excluding steroid dienone is 1. The Morgan fingerprint density at radius 2 is 2.07 bits per heavy atom. The van der Waals surface area contributed by atoms with E-state index in [1.54, 1.807) is 6.08 Å². The normalized spacial score (nSPS) is 28.6. The predicted molar refractivity (Wildman–Crippen MR) is 105 cm³/mol. The molecule has 0 spiro atoms. The van der Waals surface area contributed by atoms with Crippen molar-refractivity contribution in [1.82, 2.24) is 5.32 Å². The summed E-state index contributed by atoms with van der Waals surface area (Å²) in [5.74, 6) is -1.51. The number of ether oxygens (including phenoxy) is 1. The summed E-state index contributed by atoms with van der Waals surface area (Å²) in [5, 5.41) is 13.0. The van der Waals surface area contributed by atoms with Crippen LogP contribution in [-0.4, -0.2) is 49.6 Å². The Bertz CT molecular complexity index is 910. The molecule has 0 aromatic heterocycles. The van der Waals surface area contributed by atoms with Crippen molar-refractivity contribution in [3.8, 4) is 5.75 Å². The van der Waals surface area contributed by atoms with Crippen LogP contribution in [0.5, 0.6) is 5.75 Å². The lowest BCUT2D eigenvalue weighted by molar-refractivity contribution is -0.132. The van der Waals surface area contributed by atoms with Crippen molar-refractivity contribution in [2.24, 2.45) is 11.8 Å². The minimum atomic E-state index is -1.26. The topological polar surface area (TPSA) is 78.9 Å². The molecule has 0 radical (unpaired) electrons. The number of nitrogens with zero attached hydrogens (tertiary/aromatic N) is 1. The number of piperidine rings is 1. The Kier molecular flexibility index (Phi) is 4.38. The van der Waals surface area contributed by atoms with Gasteiger partial charge in [0.25, 0.3) is 0 Å². The van der Waals surface area contributed by atoms with E-state index in [1.807, 2.05) is 4.90 Å². The van der Waals surface area contributed by atoms with Crippen LogP contribution in [-0.2, 0) is 4.79 Å². The van der Waals surface area contributed by atoms with E-state index in [9.17, 15) is 14.7 Å². The highest BCUT2D eigenvalue weighted by Gasteiger charge is 2.44. The van der Waals surface area contributed by atoms with Crippen LogP contribution in [0.15, 0.2) is 17.7 Å². The van der Waals surface area contributed by atoms with Crippen molar-refractivity contribution in [3.63, 3.8) is 0 Å². The van der Waals surface area contributed by atoms with Gasteiger partial charge in [0.1, 0.15) is 17.0 Å². The number of carboxylic acid groups (broad SMARTS) is 1. The molecule has 5 rings (SSSR count). The number of benzene rings is 1. The molecule has 1 aromatic rings. The molecule has 154 valence electrons. The summed E-state index contributed by atoms with van der Waals surface area (Å²) in [6, 6.07) is 1.57. The molecule has 3 atom stereocenters. The van der Waals surface area contributed by atoms with Crippen LogP contribution < -0.4 is 15.0 Å². The summed E-state index contributed by atoms with van der Waals surface area (Å²) < 4.78 is 21.1. The Balaban J connectivity index is 1.63. The van der Waals surface area contributed by atoms with Crippen LogP contribution in [0.25, 0.3) is 0 Å². The molecular formula is C22H25FN2O4. The van der Waals surface area contributed by atoms with Crippen LogP contribution in [0, 0.1) is 17.7 Å². The Morgan fingerprint density at radius 1 is 1.28 bits per heavy atom. The number of hydrogen-bond acceptors (Lipinski definition) is 5. The van der Waals surface area contributed by atoms with Gasteiger partial charge < -0.3 is 20.1 Å². The number of Topliss-reactive ketones (excluding diaryl/α,β-unsaturated/α-hetero) is 1. The fourth-order valence-corrected chi connectivity index (χ4v) is 5.36. The first-order valence-electron chi connectivity index (χ1n) is 10.4.